The summed E-state index contributed by atoms with van der Waals surface area (Å²) in [6.45, 7) is 2.25. The van der Waals surface area contributed by atoms with Gasteiger partial charge < -0.3 is 19.2 Å². The summed E-state index contributed by atoms with van der Waals surface area (Å²) < 4.78 is 7.79. The first-order chi connectivity index (χ1) is 9.47. The predicted octanol–water partition coefficient (Wildman–Crippen LogP) is 2.07. The quantitative estimate of drug-likeness (QED) is 0.923. The van der Waals surface area contributed by atoms with E-state index in [4.69, 9.17) is 4.42 Å². The number of aryl methyl sites for hydroxylation is 1. The average molecular weight is 342 g/mol. The van der Waals surface area contributed by atoms with Crippen molar-refractivity contribution in [2.75, 3.05) is 7.05 Å². The summed E-state index contributed by atoms with van der Waals surface area (Å²) >= 11 is 3.23. The van der Waals surface area contributed by atoms with E-state index in [1.165, 1.54) is 4.90 Å². The molecule has 8 heteroatoms. The summed E-state index contributed by atoms with van der Waals surface area (Å²) in [5, 5.41) is 10.6. The lowest BCUT2D eigenvalue weighted by Gasteiger charge is -2.20. The monoisotopic (exact) mass is 341 g/mol. The van der Waals surface area contributed by atoms with E-state index >= 15 is 0 Å². The minimum Gasteiger partial charge on any atom is -0.452 e. The lowest BCUT2D eigenvalue weighted by atomic mass is 10.3. The van der Waals surface area contributed by atoms with Crippen molar-refractivity contribution in [2.24, 2.45) is 7.05 Å². The number of aromatic nitrogens is 3. The Bertz CT molecular complexity index is 594. The third-order valence-electron chi connectivity index (χ3n) is 2.84. The Kier molecular flexibility index (Phi) is 4.43. The highest BCUT2D eigenvalue weighted by molar-refractivity contribution is 9.10. The van der Waals surface area contributed by atoms with E-state index in [1.54, 1.807) is 24.0 Å². The van der Waals surface area contributed by atoms with Gasteiger partial charge in [-0.3, -0.25) is 0 Å². The van der Waals surface area contributed by atoms with Crippen molar-refractivity contribution >= 4 is 22.0 Å². The van der Waals surface area contributed by atoms with Crippen molar-refractivity contribution in [2.45, 2.75) is 19.5 Å². The predicted molar refractivity (Wildman–Crippen MR) is 75.8 cm³/mol. The summed E-state index contributed by atoms with van der Waals surface area (Å²) in [5.41, 5.74) is 0. The minimum atomic E-state index is -0.221. The second kappa shape index (κ2) is 6.08. The van der Waals surface area contributed by atoms with Gasteiger partial charge >= 0.3 is 6.03 Å². The Morgan fingerprint density at radius 2 is 2.35 bits per heavy atom. The number of nitrogens with zero attached hydrogens (tertiary/aromatic N) is 4. The molecule has 2 amide bonds. The summed E-state index contributed by atoms with van der Waals surface area (Å²) in [5.74, 6) is 1.41. The van der Waals surface area contributed by atoms with Crippen LogP contribution in [0.3, 0.4) is 0 Å². The Labute approximate surface area is 125 Å². The molecule has 0 spiro atoms. The standard InChI is InChI=1S/C12H16BrN5O2/c1-8(11-16-14-7-18(11)3)15-12(19)17(2)6-9-4-5-10(13)20-9/h4-5,7-8H,6H2,1-3H3,(H,15,19)/t8-/m1/s1. The van der Waals surface area contributed by atoms with Gasteiger partial charge in [-0.2, -0.15) is 0 Å². The van der Waals surface area contributed by atoms with Crippen LogP contribution in [0.25, 0.3) is 0 Å². The molecule has 1 N–H and O–H groups in total. The van der Waals surface area contributed by atoms with Crippen LogP contribution in [0.2, 0.25) is 0 Å². The number of furan rings is 1. The number of nitrogens with one attached hydrogen (secondary N) is 1. The first-order valence-electron chi connectivity index (χ1n) is 6.07. The molecule has 0 bridgehead atoms. The Hall–Kier alpha value is -1.83. The lowest BCUT2D eigenvalue weighted by molar-refractivity contribution is 0.199. The third kappa shape index (κ3) is 3.38. The van der Waals surface area contributed by atoms with Crippen LogP contribution < -0.4 is 5.32 Å². The molecule has 2 heterocycles. The molecule has 1 atom stereocenters. The second-order valence-electron chi connectivity index (χ2n) is 4.53. The fraction of sp³-hybridized carbons (Fsp3) is 0.417. The molecule has 0 aliphatic rings. The van der Waals surface area contributed by atoms with Gasteiger partial charge in [0.05, 0.1) is 12.6 Å². The van der Waals surface area contributed by atoms with Crippen LogP contribution in [-0.4, -0.2) is 32.7 Å². The Balaban J connectivity index is 1.92. The highest BCUT2D eigenvalue weighted by Gasteiger charge is 2.17. The number of rotatable bonds is 4. The van der Waals surface area contributed by atoms with Gasteiger partial charge in [0.1, 0.15) is 12.1 Å². The summed E-state index contributed by atoms with van der Waals surface area (Å²) in [6.07, 6.45) is 1.60. The molecule has 0 aliphatic carbocycles. The number of urea groups is 1. The summed E-state index contributed by atoms with van der Waals surface area (Å²) in [7, 11) is 3.54. The minimum absolute atomic E-state index is 0.201. The maximum Gasteiger partial charge on any atom is 0.318 e. The van der Waals surface area contributed by atoms with Gasteiger partial charge in [-0.1, -0.05) is 0 Å². The molecule has 108 valence electrons. The summed E-state index contributed by atoms with van der Waals surface area (Å²) in [6, 6.07) is 3.19. The largest absolute Gasteiger partial charge is 0.452 e. The van der Waals surface area contributed by atoms with Gasteiger partial charge in [0.25, 0.3) is 0 Å². The second-order valence-corrected chi connectivity index (χ2v) is 5.31. The van der Waals surface area contributed by atoms with Crippen LogP contribution in [0.15, 0.2) is 27.5 Å². The van der Waals surface area contributed by atoms with Crippen molar-refractivity contribution < 1.29 is 9.21 Å². The molecule has 0 unspecified atom stereocenters. The number of carbonyl (C=O) groups is 1. The fourth-order valence-electron chi connectivity index (χ4n) is 1.79. The van der Waals surface area contributed by atoms with Crippen molar-refractivity contribution in [1.29, 1.82) is 0 Å². The molecule has 20 heavy (non-hydrogen) atoms. The van der Waals surface area contributed by atoms with Crippen LogP contribution in [-0.2, 0) is 13.6 Å². The first kappa shape index (κ1) is 14.6. The van der Waals surface area contributed by atoms with Crippen LogP contribution >= 0.6 is 15.9 Å². The van der Waals surface area contributed by atoms with E-state index in [0.29, 0.717) is 22.8 Å². The van der Waals surface area contributed by atoms with Crippen molar-refractivity contribution in [1.82, 2.24) is 25.0 Å². The maximum atomic E-state index is 12.1. The van der Waals surface area contributed by atoms with Gasteiger partial charge in [-0.25, -0.2) is 4.79 Å². The molecule has 0 radical (unpaired) electrons. The Morgan fingerprint density at radius 3 is 2.90 bits per heavy atom. The number of amides is 2. The molecule has 0 saturated carbocycles. The molecule has 0 aliphatic heterocycles. The highest BCUT2D eigenvalue weighted by Crippen LogP contribution is 2.15. The van der Waals surface area contributed by atoms with Gasteiger partial charge in [0.2, 0.25) is 0 Å². The molecule has 0 aromatic carbocycles. The van der Waals surface area contributed by atoms with E-state index in [-0.39, 0.29) is 12.1 Å². The molecule has 0 fully saturated rings. The molecular formula is C12H16BrN5O2. The zero-order valence-electron chi connectivity index (χ0n) is 11.5. The number of hydrogen-bond donors (Lipinski definition) is 1. The van der Waals surface area contributed by atoms with Crippen LogP contribution in [0.5, 0.6) is 0 Å². The first-order valence-corrected chi connectivity index (χ1v) is 6.86. The highest BCUT2D eigenvalue weighted by atomic mass is 79.9. The van der Waals surface area contributed by atoms with Crippen LogP contribution in [0.1, 0.15) is 24.6 Å². The van der Waals surface area contributed by atoms with Gasteiger partial charge in [-0.15, -0.1) is 10.2 Å². The molecule has 2 aromatic rings. The SMILES string of the molecule is C[C@@H](NC(=O)N(C)Cc1ccc(Br)o1)c1nncn1C. The van der Waals surface area contributed by atoms with Crippen LogP contribution in [0.4, 0.5) is 4.79 Å². The zero-order valence-corrected chi connectivity index (χ0v) is 13.1. The van der Waals surface area contributed by atoms with E-state index in [1.807, 2.05) is 20.0 Å². The average Bonchev–Trinajstić information content (AvgIpc) is 2.98. The number of halogens is 1. The van der Waals surface area contributed by atoms with Gasteiger partial charge in [0.15, 0.2) is 10.5 Å². The lowest BCUT2D eigenvalue weighted by Crippen LogP contribution is -2.38. The maximum absolute atomic E-state index is 12.1. The molecule has 2 aromatic heterocycles. The van der Waals surface area contributed by atoms with Crippen LogP contribution in [0, 0.1) is 0 Å². The fourth-order valence-corrected chi connectivity index (χ4v) is 2.13. The normalized spacial score (nSPS) is 12.2. The van der Waals surface area contributed by atoms with Crippen molar-refractivity contribution in [3.63, 3.8) is 0 Å². The number of carbonyl (C=O) groups excluding carboxylic acids is 1. The molecule has 0 saturated heterocycles. The van der Waals surface area contributed by atoms with Gasteiger partial charge in [0, 0.05) is 14.1 Å². The van der Waals surface area contributed by atoms with E-state index in [2.05, 4.69) is 31.4 Å². The summed E-state index contributed by atoms with van der Waals surface area (Å²) in [4.78, 5) is 13.6. The van der Waals surface area contributed by atoms with Crippen molar-refractivity contribution in [3.8, 4) is 0 Å². The smallest absolute Gasteiger partial charge is 0.318 e. The topological polar surface area (TPSA) is 76.2 Å². The van der Waals surface area contributed by atoms with E-state index in [9.17, 15) is 4.79 Å². The van der Waals surface area contributed by atoms with E-state index < -0.39 is 0 Å². The number of hydrogen-bond acceptors (Lipinski definition) is 4. The van der Waals surface area contributed by atoms with Crippen molar-refractivity contribution in [3.05, 3.63) is 34.7 Å². The molecular weight excluding hydrogens is 326 g/mol. The molecule has 7 nitrogen and oxygen atoms in total. The Morgan fingerprint density at radius 1 is 1.60 bits per heavy atom. The van der Waals surface area contributed by atoms with Gasteiger partial charge in [-0.05, 0) is 35.0 Å². The zero-order chi connectivity index (χ0) is 14.7. The molecule has 2 rings (SSSR count). The van der Waals surface area contributed by atoms with E-state index in [0.717, 1.165) is 0 Å². The third-order valence-corrected chi connectivity index (χ3v) is 3.27.